The molecule has 0 aliphatic carbocycles. The minimum absolute atomic E-state index is 0.0338. The molecule has 6 aromatic rings. The number of fused-ring (bicyclic) bond motifs is 9. The minimum Gasteiger partial charge on any atom is -0.375 e. The van der Waals surface area contributed by atoms with Crippen LogP contribution in [0.3, 0.4) is 0 Å². The fourth-order valence-corrected chi connectivity index (χ4v) is 8.85. The van der Waals surface area contributed by atoms with Gasteiger partial charge in [-0.15, -0.1) is 0 Å². The molecule has 0 atom stereocenters. The highest BCUT2D eigenvalue weighted by Crippen LogP contribution is 2.54. The zero-order chi connectivity index (χ0) is 29.6. The molecule has 9 rings (SSSR count). The Balaban J connectivity index is 1.49. The Morgan fingerprint density at radius 2 is 1.40 bits per heavy atom. The lowest BCUT2D eigenvalue weighted by molar-refractivity contribution is 0.590. The van der Waals surface area contributed by atoms with Crippen molar-refractivity contribution in [3.8, 4) is 11.1 Å². The van der Waals surface area contributed by atoms with Crippen LogP contribution in [-0.4, -0.2) is 11.3 Å². The Morgan fingerprint density at radius 3 is 2.19 bits per heavy atom. The lowest BCUT2D eigenvalue weighted by Gasteiger charge is -2.43. The summed E-state index contributed by atoms with van der Waals surface area (Å²) < 4.78 is 2.69. The Kier molecular flexibility index (Phi) is 4.87. The van der Waals surface area contributed by atoms with Crippen LogP contribution in [0.1, 0.15) is 58.2 Å². The van der Waals surface area contributed by atoms with Gasteiger partial charge in [-0.2, -0.15) is 0 Å². The van der Waals surface area contributed by atoms with E-state index in [4.69, 9.17) is 0 Å². The quantitative estimate of drug-likeness (QED) is 0.167. The third kappa shape index (κ3) is 3.33. The predicted octanol–water partition coefficient (Wildman–Crippen LogP) is 9.58. The van der Waals surface area contributed by atoms with Gasteiger partial charge >= 0.3 is 6.85 Å². The molecule has 2 nitrogen and oxygen atoms in total. The molecule has 0 bridgehead atoms. The number of nitrogens with zero attached hydrogens (tertiary/aromatic N) is 2. The van der Waals surface area contributed by atoms with Gasteiger partial charge < -0.3 is 9.38 Å². The van der Waals surface area contributed by atoms with E-state index in [1.54, 1.807) is 0 Å². The van der Waals surface area contributed by atoms with Crippen molar-refractivity contribution in [1.29, 1.82) is 0 Å². The SMILES string of the molecule is Cc1cc2c3c(c1)N1c4ccccc4Sc4cccc(c41)B3n1c3ccc(C(C)(C)C)cc3c3cc(C(C)(C)C)cc-2c31. The van der Waals surface area contributed by atoms with Gasteiger partial charge in [0.15, 0.2) is 0 Å². The van der Waals surface area contributed by atoms with Crippen molar-refractivity contribution >= 4 is 68.4 Å². The van der Waals surface area contributed by atoms with Gasteiger partial charge in [0.1, 0.15) is 0 Å². The van der Waals surface area contributed by atoms with Crippen LogP contribution in [-0.2, 0) is 10.8 Å². The highest BCUT2D eigenvalue weighted by atomic mass is 32.2. The first-order chi connectivity index (χ1) is 20.5. The van der Waals surface area contributed by atoms with Gasteiger partial charge in [0.25, 0.3) is 0 Å². The second kappa shape index (κ2) is 8.18. The predicted molar refractivity (Wildman–Crippen MR) is 186 cm³/mol. The number of aromatic nitrogens is 1. The zero-order valence-electron chi connectivity index (χ0n) is 26.0. The normalized spacial score (nSPS) is 14.7. The minimum atomic E-state index is 0.0338. The first kappa shape index (κ1) is 25.6. The Hall–Kier alpha value is -3.89. The highest BCUT2D eigenvalue weighted by Gasteiger charge is 2.45. The second-order valence-corrected chi connectivity index (χ2v) is 15.9. The van der Waals surface area contributed by atoms with Crippen molar-refractivity contribution in [3.63, 3.8) is 0 Å². The molecule has 210 valence electrons. The van der Waals surface area contributed by atoms with Gasteiger partial charge in [0.2, 0.25) is 0 Å². The number of para-hydroxylation sites is 2. The van der Waals surface area contributed by atoms with Crippen LogP contribution in [0.4, 0.5) is 17.1 Å². The summed E-state index contributed by atoms with van der Waals surface area (Å²) in [5, 5.41) is 2.75. The second-order valence-electron chi connectivity index (χ2n) is 14.8. The number of anilines is 3. The highest BCUT2D eigenvalue weighted by molar-refractivity contribution is 7.99. The fraction of sp³-hybridized carbons (Fsp3) is 0.231. The third-order valence-corrected chi connectivity index (χ3v) is 11.0. The van der Waals surface area contributed by atoms with Gasteiger partial charge in [0.05, 0.1) is 11.4 Å². The summed E-state index contributed by atoms with van der Waals surface area (Å²) in [5.74, 6) is 0. The van der Waals surface area contributed by atoms with Crippen molar-refractivity contribution in [2.75, 3.05) is 4.90 Å². The van der Waals surface area contributed by atoms with Crippen LogP contribution in [0.25, 0.3) is 32.9 Å². The van der Waals surface area contributed by atoms with Crippen molar-refractivity contribution in [2.24, 2.45) is 0 Å². The fourth-order valence-electron chi connectivity index (χ4n) is 7.75. The average Bonchev–Trinajstić information content (AvgIpc) is 3.29. The Labute approximate surface area is 258 Å². The molecular weight excluding hydrogens is 539 g/mol. The van der Waals surface area contributed by atoms with Crippen LogP contribution >= 0.6 is 11.8 Å². The van der Waals surface area contributed by atoms with Gasteiger partial charge in [0, 0.05) is 42.8 Å². The molecule has 0 unspecified atom stereocenters. The number of hydrogen-bond donors (Lipinski definition) is 0. The molecule has 0 saturated carbocycles. The van der Waals surface area contributed by atoms with Crippen LogP contribution < -0.4 is 15.8 Å². The lowest BCUT2D eigenvalue weighted by atomic mass is 9.45. The van der Waals surface area contributed by atoms with Crippen LogP contribution in [0, 0.1) is 6.92 Å². The molecule has 3 aliphatic heterocycles. The van der Waals surface area contributed by atoms with Gasteiger partial charge in [-0.25, -0.2) is 0 Å². The molecule has 0 fully saturated rings. The number of aryl methyl sites for hydroxylation is 1. The van der Waals surface area contributed by atoms with E-state index in [0.717, 1.165) is 0 Å². The van der Waals surface area contributed by atoms with Crippen molar-refractivity contribution < 1.29 is 0 Å². The molecule has 0 spiro atoms. The molecule has 0 saturated heterocycles. The van der Waals surface area contributed by atoms with Crippen molar-refractivity contribution in [3.05, 3.63) is 102 Å². The van der Waals surface area contributed by atoms with Crippen LogP contribution in [0.2, 0.25) is 0 Å². The van der Waals surface area contributed by atoms with E-state index in [-0.39, 0.29) is 17.7 Å². The molecule has 0 N–H and O–H groups in total. The van der Waals surface area contributed by atoms with Gasteiger partial charge in [-0.1, -0.05) is 89.7 Å². The number of hydrogen-bond acceptors (Lipinski definition) is 2. The Bertz CT molecular complexity index is 2210. The van der Waals surface area contributed by atoms with E-state index in [1.165, 1.54) is 87.4 Å². The van der Waals surface area contributed by atoms with E-state index in [0.29, 0.717) is 0 Å². The Morgan fingerprint density at radius 1 is 0.651 bits per heavy atom. The zero-order valence-corrected chi connectivity index (χ0v) is 26.8. The summed E-state index contributed by atoms with van der Waals surface area (Å²) >= 11 is 1.91. The summed E-state index contributed by atoms with van der Waals surface area (Å²) in [6.45, 7) is 16.4. The topological polar surface area (TPSA) is 8.17 Å². The van der Waals surface area contributed by atoms with Crippen LogP contribution in [0.15, 0.2) is 94.7 Å². The van der Waals surface area contributed by atoms with E-state index < -0.39 is 0 Å². The molecule has 1 aromatic heterocycles. The third-order valence-electron chi connectivity index (χ3n) is 9.87. The van der Waals surface area contributed by atoms with E-state index in [2.05, 4.69) is 143 Å². The summed E-state index contributed by atoms with van der Waals surface area (Å²) in [6.07, 6.45) is 0. The lowest BCUT2D eigenvalue weighted by Crippen LogP contribution is -2.57. The molecule has 43 heavy (non-hydrogen) atoms. The molecule has 0 amide bonds. The first-order valence-electron chi connectivity index (χ1n) is 15.5. The summed E-state index contributed by atoms with van der Waals surface area (Å²) in [6, 6.07) is 33.0. The largest absolute Gasteiger partial charge is 0.375 e. The molecule has 0 radical (unpaired) electrons. The van der Waals surface area contributed by atoms with E-state index in [1.807, 2.05) is 11.8 Å². The maximum Gasteiger partial charge on any atom is 0.333 e. The van der Waals surface area contributed by atoms with E-state index in [9.17, 15) is 0 Å². The van der Waals surface area contributed by atoms with Crippen molar-refractivity contribution in [2.45, 2.75) is 69.1 Å². The summed E-state index contributed by atoms with van der Waals surface area (Å²) in [5.41, 5.74) is 16.4. The molecule has 5 aromatic carbocycles. The summed E-state index contributed by atoms with van der Waals surface area (Å²) in [4.78, 5) is 5.22. The van der Waals surface area contributed by atoms with Gasteiger partial charge in [-0.3, -0.25) is 0 Å². The van der Waals surface area contributed by atoms with Gasteiger partial charge in [-0.05, 0) is 99.5 Å². The molecule has 3 aliphatic rings. The smallest absolute Gasteiger partial charge is 0.333 e. The molecule has 4 heteroatoms. The maximum absolute atomic E-state index is 2.69. The monoisotopic (exact) mass is 574 g/mol. The van der Waals surface area contributed by atoms with Crippen LogP contribution in [0.5, 0.6) is 0 Å². The van der Waals surface area contributed by atoms with E-state index >= 15 is 0 Å². The summed E-state index contributed by atoms with van der Waals surface area (Å²) in [7, 11) is 0. The molecule has 4 heterocycles. The number of rotatable bonds is 0. The maximum atomic E-state index is 2.69. The molecular formula is C39H35BN2S. The average molecular weight is 575 g/mol. The van der Waals surface area contributed by atoms with Crippen molar-refractivity contribution in [1.82, 2.24) is 4.48 Å². The number of benzene rings is 5. The first-order valence-corrected chi connectivity index (χ1v) is 16.3. The standard InChI is InChI=1S/C39H35BN2S/c1-22-17-26-28-21-24(39(5,6)7)20-27-25-19-23(38(2,3)4)15-16-30(25)42(36(27)28)40-29-11-10-14-34-37(29)41(32(18-22)35(26)40)31-12-8-9-13-33(31)43-34/h8-21H,1-7H3.